The maximum absolute atomic E-state index is 13.5. The molecule has 2 nitrogen and oxygen atoms in total. The summed E-state index contributed by atoms with van der Waals surface area (Å²) in [6.45, 7) is 0. The van der Waals surface area contributed by atoms with Gasteiger partial charge in [0.05, 0.1) is 14.9 Å². The van der Waals surface area contributed by atoms with Crippen LogP contribution in [0.5, 0.6) is 0 Å². The summed E-state index contributed by atoms with van der Waals surface area (Å²) in [4.78, 5) is 0. The molecule has 0 aromatic heterocycles. The van der Waals surface area contributed by atoms with Crippen molar-refractivity contribution >= 4 is 34.0 Å². The fraction of sp³-hybridized carbons (Fsp3) is 0.538. The summed E-state index contributed by atoms with van der Waals surface area (Å²) >= 11 is 1.96. The molecule has 0 saturated heterocycles. The lowest BCUT2D eigenvalue weighted by molar-refractivity contribution is 0.610. The average molecular weight is 348 g/mol. The molecule has 17 heavy (non-hydrogen) atoms. The largest absolute Gasteiger partial charge is 0.397 e. The number of halogens is 2. The zero-order valence-corrected chi connectivity index (χ0v) is 12.0. The minimum atomic E-state index is -0.198. The highest BCUT2D eigenvalue weighted by Gasteiger charge is 2.14. The molecular formula is C13H18FIN2. The zero-order valence-electron chi connectivity index (χ0n) is 9.81. The fourth-order valence-corrected chi connectivity index (χ4v) is 2.82. The molecule has 4 heteroatoms. The number of hydrogen-bond donors (Lipinski definition) is 2. The van der Waals surface area contributed by atoms with Gasteiger partial charge in [0.25, 0.3) is 0 Å². The molecule has 2 rings (SSSR count). The van der Waals surface area contributed by atoms with Crippen LogP contribution in [0.1, 0.15) is 38.5 Å². The molecule has 0 atom stereocenters. The van der Waals surface area contributed by atoms with E-state index in [1.54, 1.807) is 6.07 Å². The smallest absolute Gasteiger partial charge is 0.138 e. The van der Waals surface area contributed by atoms with Crippen molar-refractivity contribution in [2.45, 2.75) is 44.6 Å². The number of rotatable bonds is 2. The zero-order chi connectivity index (χ0) is 12.3. The topological polar surface area (TPSA) is 38.0 Å². The standard InChI is InChI=1S/C13H18FIN2/c14-10-7-13(12(16)8-11(10)15)17-9-5-3-1-2-4-6-9/h7-9,17H,1-6,16H2. The first-order valence-corrected chi connectivity index (χ1v) is 7.26. The Hall–Kier alpha value is -0.520. The minimum Gasteiger partial charge on any atom is -0.397 e. The van der Waals surface area contributed by atoms with E-state index >= 15 is 0 Å². The van der Waals surface area contributed by atoms with Gasteiger partial charge in [-0.15, -0.1) is 0 Å². The van der Waals surface area contributed by atoms with Gasteiger partial charge in [0.2, 0.25) is 0 Å². The molecule has 1 saturated carbocycles. The molecule has 3 N–H and O–H groups in total. The molecule has 1 aliphatic carbocycles. The van der Waals surface area contributed by atoms with Crippen molar-refractivity contribution in [1.82, 2.24) is 0 Å². The molecule has 0 radical (unpaired) electrons. The van der Waals surface area contributed by atoms with Gasteiger partial charge in [0.1, 0.15) is 5.82 Å². The summed E-state index contributed by atoms with van der Waals surface area (Å²) < 4.78 is 14.1. The van der Waals surface area contributed by atoms with Crippen LogP contribution in [0.4, 0.5) is 15.8 Å². The highest BCUT2D eigenvalue weighted by Crippen LogP contribution is 2.27. The van der Waals surface area contributed by atoms with Crippen LogP contribution in [0.15, 0.2) is 12.1 Å². The van der Waals surface area contributed by atoms with Crippen LogP contribution >= 0.6 is 22.6 Å². The summed E-state index contributed by atoms with van der Waals surface area (Å²) in [5, 5.41) is 3.39. The Morgan fingerprint density at radius 2 is 1.82 bits per heavy atom. The molecule has 0 amide bonds. The van der Waals surface area contributed by atoms with Crippen LogP contribution < -0.4 is 11.1 Å². The molecule has 1 aliphatic rings. The summed E-state index contributed by atoms with van der Waals surface area (Å²) in [5.41, 5.74) is 7.30. The molecule has 1 aromatic rings. The first-order valence-electron chi connectivity index (χ1n) is 6.18. The third-order valence-corrected chi connectivity index (χ3v) is 4.13. The highest BCUT2D eigenvalue weighted by molar-refractivity contribution is 14.1. The number of anilines is 2. The van der Waals surface area contributed by atoms with E-state index in [4.69, 9.17) is 5.73 Å². The monoisotopic (exact) mass is 348 g/mol. The van der Waals surface area contributed by atoms with Gasteiger partial charge in [-0.05, 0) is 41.5 Å². The van der Waals surface area contributed by atoms with Crippen molar-refractivity contribution < 1.29 is 4.39 Å². The number of hydrogen-bond acceptors (Lipinski definition) is 2. The van der Waals surface area contributed by atoms with Crippen LogP contribution in [0, 0.1) is 9.39 Å². The van der Waals surface area contributed by atoms with Crippen molar-refractivity contribution in [3.63, 3.8) is 0 Å². The quantitative estimate of drug-likeness (QED) is 0.479. The first-order chi connectivity index (χ1) is 8.16. The second-order valence-corrected chi connectivity index (χ2v) is 5.85. The molecule has 0 spiro atoms. The van der Waals surface area contributed by atoms with E-state index in [9.17, 15) is 4.39 Å². The molecule has 1 fully saturated rings. The van der Waals surface area contributed by atoms with E-state index in [0.29, 0.717) is 15.3 Å². The van der Waals surface area contributed by atoms with Crippen LogP contribution in [0.2, 0.25) is 0 Å². The molecule has 94 valence electrons. The first kappa shape index (κ1) is 12.9. The van der Waals surface area contributed by atoms with Gasteiger partial charge in [-0.2, -0.15) is 0 Å². The van der Waals surface area contributed by atoms with E-state index in [2.05, 4.69) is 5.32 Å². The third-order valence-electron chi connectivity index (χ3n) is 3.31. The predicted molar refractivity (Wildman–Crippen MR) is 78.6 cm³/mol. The maximum Gasteiger partial charge on any atom is 0.138 e. The average Bonchev–Trinajstić information content (AvgIpc) is 2.54. The Labute approximate surface area is 115 Å². The van der Waals surface area contributed by atoms with Gasteiger partial charge in [-0.1, -0.05) is 25.7 Å². The SMILES string of the molecule is Nc1cc(I)c(F)cc1NC1CCCCCC1. The number of nitrogens with one attached hydrogen (secondary N) is 1. The van der Waals surface area contributed by atoms with Gasteiger partial charge in [-0.3, -0.25) is 0 Å². The van der Waals surface area contributed by atoms with Gasteiger partial charge >= 0.3 is 0 Å². The van der Waals surface area contributed by atoms with Crippen LogP contribution in [0.25, 0.3) is 0 Å². The van der Waals surface area contributed by atoms with Crippen molar-refractivity contribution in [2.24, 2.45) is 0 Å². The van der Waals surface area contributed by atoms with Crippen LogP contribution in [-0.2, 0) is 0 Å². The van der Waals surface area contributed by atoms with Crippen LogP contribution in [-0.4, -0.2) is 6.04 Å². The van der Waals surface area contributed by atoms with Gasteiger partial charge in [0.15, 0.2) is 0 Å². The van der Waals surface area contributed by atoms with Crippen molar-refractivity contribution in [3.8, 4) is 0 Å². The highest BCUT2D eigenvalue weighted by atomic mass is 127. The lowest BCUT2D eigenvalue weighted by Crippen LogP contribution is -2.19. The van der Waals surface area contributed by atoms with Gasteiger partial charge < -0.3 is 11.1 Å². The number of nitrogens with two attached hydrogens (primary N) is 1. The predicted octanol–water partition coefficient (Wildman–Crippen LogP) is 4.15. The molecule has 1 aromatic carbocycles. The maximum atomic E-state index is 13.5. The lowest BCUT2D eigenvalue weighted by atomic mass is 10.1. The number of benzene rings is 1. The summed E-state index contributed by atoms with van der Waals surface area (Å²) in [7, 11) is 0. The van der Waals surface area contributed by atoms with E-state index in [1.807, 2.05) is 22.6 Å². The third kappa shape index (κ3) is 3.47. The second kappa shape index (κ2) is 5.89. The number of nitrogen functional groups attached to an aromatic ring is 1. The molecule has 0 unspecified atom stereocenters. The molecule has 0 aliphatic heterocycles. The van der Waals surface area contributed by atoms with Crippen molar-refractivity contribution in [3.05, 3.63) is 21.5 Å². The Balaban J connectivity index is 2.09. The van der Waals surface area contributed by atoms with E-state index in [1.165, 1.54) is 31.7 Å². The molecule has 0 bridgehead atoms. The van der Waals surface area contributed by atoms with E-state index in [0.717, 1.165) is 18.5 Å². The Morgan fingerprint density at radius 1 is 1.18 bits per heavy atom. The second-order valence-electron chi connectivity index (χ2n) is 4.69. The van der Waals surface area contributed by atoms with Crippen molar-refractivity contribution in [2.75, 3.05) is 11.1 Å². The molecule has 0 heterocycles. The Morgan fingerprint density at radius 3 is 2.47 bits per heavy atom. The van der Waals surface area contributed by atoms with Crippen molar-refractivity contribution in [1.29, 1.82) is 0 Å². The van der Waals surface area contributed by atoms with Gasteiger partial charge in [0, 0.05) is 12.1 Å². The molecular weight excluding hydrogens is 330 g/mol. The summed E-state index contributed by atoms with van der Waals surface area (Å²) in [6, 6.07) is 3.65. The van der Waals surface area contributed by atoms with E-state index < -0.39 is 0 Å². The Kier molecular flexibility index (Phi) is 4.48. The van der Waals surface area contributed by atoms with E-state index in [-0.39, 0.29) is 5.82 Å². The normalized spacial score (nSPS) is 17.8. The fourth-order valence-electron chi connectivity index (χ4n) is 2.33. The van der Waals surface area contributed by atoms with Crippen LogP contribution in [0.3, 0.4) is 0 Å². The Bertz CT molecular complexity index is 387. The minimum absolute atomic E-state index is 0.198. The summed E-state index contributed by atoms with van der Waals surface area (Å²) in [5.74, 6) is -0.198. The van der Waals surface area contributed by atoms with Gasteiger partial charge in [-0.25, -0.2) is 4.39 Å². The summed E-state index contributed by atoms with van der Waals surface area (Å²) in [6.07, 6.45) is 7.46. The lowest BCUT2D eigenvalue weighted by Gasteiger charge is -2.19.